The molecule has 0 N–H and O–H groups in total. The van der Waals surface area contributed by atoms with Gasteiger partial charge < -0.3 is 0 Å². The number of hydrogen-bond donors (Lipinski definition) is 0. The fourth-order valence-electron chi connectivity index (χ4n) is 4.31. The SMILES string of the molecule is CC(C)c1cc(C(C)(C)C)ccc1F.CC(C)c1cc(F)cc(C(C)(C)C)c1.CC(C)c1ccc(F)c(C(C)(C)C)c1. The molecule has 0 aliphatic rings. The molecule has 0 radical (unpaired) electrons. The third-order valence-corrected chi connectivity index (χ3v) is 7.40. The van der Waals surface area contributed by atoms with Gasteiger partial charge in [0.1, 0.15) is 17.5 Å². The van der Waals surface area contributed by atoms with Crippen LogP contribution in [0.25, 0.3) is 0 Å². The van der Waals surface area contributed by atoms with E-state index < -0.39 is 0 Å². The highest BCUT2D eigenvalue weighted by Gasteiger charge is 2.19. The molecule has 0 nitrogen and oxygen atoms in total. The summed E-state index contributed by atoms with van der Waals surface area (Å²) in [7, 11) is 0. The van der Waals surface area contributed by atoms with Crippen molar-refractivity contribution in [1.29, 1.82) is 0 Å². The average molecular weight is 583 g/mol. The maximum Gasteiger partial charge on any atom is 0.126 e. The van der Waals surface area contributed by atoms with Crippen LogP contribution in [0.15, 0.2) is 54.6 Å². The quantitative estimate of drug-likeness (QED) is 0.288. The van der Waals surface area contributed by atoms with Crippen LogP contribution in [0.3, 0.4) is 0 Å². The molecule has 0 aromatic heterocycles. The van der Waals surface area contributed by atoms with Crippen LogP contribution < -0.4 is 0 Å². The third kappa shape index (κ3) is 11.6. The van der Waals surface area contributed by atoms with Crippen LogP contribution in [0.4, 0.5) is 13.2 Å². The van der Waals surface area contributed by atoms with Crippen molar-refractivity contribution in [2.75, 3.05) is 0 Å². The summed E-state index contributed by atoms with van der Waals surface area (Å²) in [5.41, 5.74) is 6.18. The smallest absolute Gasteiger partial charge is 0.126 e. The lowest BCUT2D eigenvalue weighted by Gasteiger charge is -2.21. The Balaban J connectivity index is 0.000000315. The minimum Gasteiger partial charge on any atom is -0.207 e. The zero-order valence-corrected chi connectivity index (χ0v) is 29.1. The van der Waals surface area contributed by atoms with E-state index in [1.54, 1.807) is 24.3 Å². The van der Waals surface area contributed by atoms with Crippen molar-refractivity contribution in [3.63, 3.8) is 0 Å². The van der Waals surface area contributed by atoms with Gasteiger partial charge in [0.05, 0.1) is 0 Å². The lowest BCUT2D eigenvalue weighted by atomic mass is 9.84. The fourth-order valence-corrected chi connectivity index (χ4v) is 4.31. The summed E-state index contributed by atoms with van der Waals surface area (Å²) in [6.45, 7) is 31.3. The van der Waals surface area contributed by atoms with Crippen LogP contribution in [0.5, 0.6) is 0 Å². The zero-order valence-electron chi connectivity index (χ0n) is 29.1. The third-order valence-electron chi connectivity index (χ3n) is 7.40. The second-order valence-corrected chi connectivity index (χ2v) is 15.5. The lowest BCUT2D eigenvalue weighted by Crippen LogP contribution is -2.14. The first-order valence-corrected chi connectivity index (χ1v) is 15.4. The lowest BCUT2D eigenvalue weighted by molar-refractivity contribution is 0.521. The summed E-state index contributed by atoms with van der Waals surface area (Å²) in [5.74, 6) is 0.775. The molecule has 0 fully saturated rings. The Hall–Kier alpha value is -2.55. The van der Waals surface area contributed by atoms with Crippen LogP contribution in [0, 0.1) is 17.5 Å². The first-order valence-electron chi connectivity index (χ1n) is 15.4. The fraction of sp³-hybridized carbons (Fsp3) is 0.538. The summed E-state index contributed by atoms with van der Waals surface area (Å²) in [6.07, 6.45) is 0. The topological polar surface area (TPSA) is 0 Å². The Bertz CT molecular complexity index is 1280. The number of halogens is 3. The zero-order chi connectivity index (χ0) is 32.8. The van der Waals surface area contributed by atoms with Gasteiger partial charge in [-0.3, -0.25) is 0 Å². The molecule has 42 heavy (non-hydrogen) atoms. The first kappa shape index (κ1) is 37.5. The van der Waals surface area contributed by atoms with Crippen molar-refractivity contribution in [3.05, 3.63) is 105 Å². The molecule has 0 amide bonds. The average Bonchev–Trinajstić information content (AvgIpc) is 2.82. The van der Waals surface area contributed by atoms with E-state index >= 15 is 0 Å². The van der Waals surface area contributed by atoms with Crippen molar-refractivity contribution in [1.82, 2.24) is 0 Å². The van der Waals surface area contributed by atoms with E-state index in [0.717, 1.165) is 22.3 Å². The van der Waals surface area contributed by atoms with E-state index in [1.807, 2.05) is 58.9 Å². The summed E-state index contributed by atoms with van der Waals surface area (Å²) in [6, 6.07) is 16.2. The molecule has 0 saturated heterocycles. The van der Waals surface area contributed by atoms with E-state index in [1.165, 1.54) is 11.1 Å². The van der Waals surface area contributed by atoms with Gasteiger partial charge in [-0.05, 0) is 91.6 Å². The standard InChI is InChI=1S/3C13H19F/c1-9(2)10-6-11(13(3,4)5)8-12(14)7-10;1-9(2)11-8-10(13(3,4)5)6-7-12(11)14;1-9(2)10-6-7-12(14)11(8-10)13(3,4)5/h3*6-9H,1-5H3. The van der Waals surface area contributed by atoms with Gasteiger partial charge in [-0.25, -0.2) is 13.2 Å². The molecule has 3 aromatic rings. The molecular weight excluding hydrogens is 525 g/mol. The second-order valence-electron chi connectivity index (χ2n) is 15.5. The van der Waals surface area contributed by atoms with Gasteiger partial charge >= 0.3 is 0 Å². The predicted molar refractivity (Wildman–Crippen MR) is 178 cm³/mol. The first-order chi connectivity index (χ1) is 18.9. The Morgan fingerprint density at radius 1 is 0.452 bits per heavy atom. The van der Waals surface area contributed by atoms with Gasteiger partial charge in [0.15, 0.2) is 0 Å². The van der Waals surface area contributed by atoms with Crippen LogP contribution >= 0.6 is 0 Å². The van der Waals surface area contributed by atoms with E-state index in [4.69, 9.17) is 0 Å². The molecule has 3 rings (SSSR count). The largest absolute Gasteiger partial charge is 0.207 e. The molecule has 0 atom stereocenters. The van der Waals surface area contributed by atoms with Gasteiger partial charge in [-0.15, -0.1) is 0 Å². The van der Waals surface area contributed by atoms with Gasteiger partial charge in [0.2, 0.25) is 0 Å². The predicted octanol–water partition coefficient (Wildman–Crippen LogP) is 12.7. The Morgan fingerprint density at radius 2 is 0.952 bits per heavy atom. The van der Waals surface area contributed by atoms with Crippen molar-refractivity contribution < 1.29 is 13.2 Å². The molecule has 0 saturated carbocycles. The maximum absolute atomic E-state index is 13.5. The molecule has 0 unspecified atom stereocenters. The highest BCUT2D eigenvalue weighted by atomic mass is 19.1. The summed E-state index contributed by atoms with van der Waals surface area (Å²) in [4.78, 5) is 0. The van der Waals surface area contributed by atoms with E-state index in [9.17, 15) is 13.2 Å². The van der Waals surface area contributed by atoms with Gasteiger partial charge in [-0.1, -0.05) is 134 Å². The Kier molecular flexibility index (Phi) is 13.2. The van der Waals surface area contributed by atoms with Gasteiger partial charge in [0.25, 0.3) is 0 Å². The molecule has 0 aliphatic carbocycles. The van der Waals surface area contributed by atoms with Crippen molar-refractivity contribution in [2.24, 2.45) is 0 Å². The second kappa shape index (κ2) is 14.8. The number of hydrogen-bond acceptors (Lipinski definition) is 0. The van der Waals surface area contributed by atoms with E-state index in [-0.39, 0.29) is 39.6 Å². The molecule has 3 aromatic carbocycles. The number of rotatable bonds is 3. The monoisotopic (exact) mass is 582 g/mol. The minimum absolute atomic E-state index is 0.0196. The number of benzene rings is 3. The van der Waals surface area contributed by atoms with Crippen molar-refractivity contribution >= 4 is 0 Å². The summed E-state index contributed by atoms with van der Waals surface area (Å²) in [5, 5.41) is 0. The molecule has 0 spiro atoms. The van der Waals surface area contributed by atoms with Crippen molar-refractivity contribution in [2.45, 2.75) is 138 Å². The molecule has 0 aliphatic heterocycles. The van der Waals surface area contributed by atoms with E-state index in [0.29, 0.717) is 11.8 Å². The van der Waals surface area contributed by atoms with Crippen LogP contribution in [-0.2, 0) is 16.2 Å². The Labute approximate surface area is 256 Å². The maximum atomic E-state index is 13.5. The Morgan fingerprint density at radius 3 is 1.38 bits per heavy atom. The van der Waals surface area contributed by atoms with Crippen LogP contribution in [-0.4, -0.2) is 0 Å². The van der Waals surface area contributed by atoms with Crippen molar-refractivity contribution in [3.8, 4) is 0 Å². The summed E-state index contributed by atoms with van der Waals surface area (Å²) < 4.78 is 40.3. The molecule has 3 heteroatoms. The van der Waals surface area contributed by atoms with Gasteiger partial charge in [0, 0.05) is 0 Å². The van der Waals surface area contributed by atoms with E-state index in [2.05, 4.69) is 75.3 Å². The van der Waals surface area contributed by atoms with Crippen LogP contribution in [0.2, 0.25) is 0 Å². The van der Waals surface area contributed by atoms with Crippen LogP contribution in [0.1, 0.15) is 155 Å². The molecule has 0 bridgehead atoms. The highest BCUT2D eigenvalue weighted by molar-refractivity contribution is 5.33. The molecule has 234 valence electrons. The molecule has 0 heterocycles. The normalized spacial score (nSPS) is 12.2. The van der Waals surface area contributed by atoms with Gasteiger partial charge in [-0.2, -0.15) is 0 Å². The summed E-state index contributed by atoms with van der Waals surface area (Å²) >= 11 is 0. The highest BCUT2D eigenvalue weighted by Crippen LogP contribution is 2.29. The molecular formula is C39H57F3. The minimum atomic E-state index is -0.124.